The fourth-order valence-electron chi connectivity index (χ4n) is 1.92. The van der Waals surface area contributed by atoms with E-state index in [0.29, 0.717) is 23.4 Å². The van der Waals surface area contributed by atoms with Crippen LogP contribution in [0, 0.1) is 11.3 Å². The summed E-state index contributed by atoms with van der Waals surface area (Å²) in [5.41, 5.74) is 7.21. The molecule has 0 spiro atoms. The highest BCUT2D eigenvalue weighted by molar-refractivity contribution is 7.91. The van der Waals surface area contributed by atoms with Gasteiger partial charge in [-0.05, 0) is 17.7 Å². The minimum absolute atomic E-state index is 0.167. The molecule has 0 unspecified atom stereocenters. The number of benzene rings is 1. The lowest BCUT2D eigenvalue weighted by Crippen LogP contribution is -2.30. The van der Waals surface area contributed by atoms with Crippen molar-refractivity contribution in [2.45, 2.75) is 17.7 Å². The van der Waals surface area contributed by atoms with E-state index in [4.69, 9.17) is 11.0 Å². The van der Waals surface area contributed by atoms with Crippen molar-refractivity contribution in [1.82, 2.24) is 4.31 Å². The predicted octanol–water partition coefficient (Wildman–Crippen LogP) is 2.41. The van der Waals surface area contributed by atoms with Crippen LogP contribution in [0.15, 0.2) is 39.9 Å². The molecule has 2 aromatic rings. The minimum Gasteiger partial charge on any atom is -0.398 e. The van der Waals surface area contributed by atoms with Gasteiger partial charge in [-0.2, -0.15) is 9.57 Å². The maximum absolute atomic E-state index is 12.6. The average Bonchev–Trinajstić information content (AvgIpc) is 2.92. The first kappa shape index (κ1) is 15.5. The first-order valence-corrected chi connectivity index (χ1v) is 8.63. The molecule has 1 aromatic heterocycles. The molecule has 21 heavy (non-hydrogen) atoms. The van der Waals surface area contributed by atoms with E-state index in [1.165, 1.54) is 10.4 Å². The zero-order valence-electron chi connectivity index (χ0n) is 11.5. The van der Waals surface area contributed by atoms with Crippen molar-refractivity contribution in [3.63, 3.8) is 0 Å². The largest absolute Gasteiger partial charge is 0.398 e. The molecular formula is C14H15N3O2S2. The maximum Gasteiger partial charge on any atom is 0.252 e. The second kappa shape index (κ2) is 6.26. The highest BCUT2D eigenvalue weighted by Gasteiger charge is 2.25. The zero-order chi connectivity index (χ0) is 15.5. The molecule has 0 radical (unpaired) electrons. The number of nitrogens with zero attached hydrogens (tertiary/aromatic N) is 2. The van der Waals surface area contributed by atoms with E-state index in [1.807, 2.05) is 0 Å². The molecule has 2 N–H and O–H groups in total. The normalized spacial score (nSPS) is 11.5. The van der Waals surface area contributed by atoms with Gasteiger partial charge in [-0.15, -0.1) is 11.3 Å². The van der Waals surface area contributed by atoms with Gasteiger partial charge in [0, 0.05) is 24.2 Å². The Hall–Kier alpha value is -1.88. The Morgan fingerprint density at radius 1 is 1.38 bits per heavy atom. The number of nitrogen functional groups attached to an aromatic ring is 1. The highest BCUT2D eigenvalue weighted by Crippen LogP contribution is 2.26. The molecule has 5 nitrogen and oxygen atoms in total. The van der Waals surface area contributed by atoms with Crippen LogP contribution in [-0.2, 0) is 16.6 Å². The number of rotatable bonds is 5. The number of hydrogen-bond acceptors (Lipinski definition) is 5. The van der Waals surface area contributed by atoms with Crippen LogP contribution in [0.5, 0.6) is 0 Å². The molecule has 0 amide bonds. The Labute approximate surface area is 128 Å². The molecule has 1 heterocycles. The molecule has 0 saturated carbocycles. The van der Waals surface area contributed by atoms with E-state index in [9.17, 15) is 8.42 Å². The van der Waals surface area contributed by atoms with E-state index < -0.39 is 10.0 Å². The molecule has 7 heteroatoms. The van der Waals surface area contributed by atoms with Crippen molar-refractivity contribution in [2.75, 3.05) is 12.3 Å². The third kappa shape index (κ3) is 3.24. The lowest BCUT2D eigenvalue weighted by Gasteiger charge is -2.20. The molecule has 0 aliphatic rings. The third-order valence-corrected chi connectivity index (χ3v) is 6.38. The fourth-order valence-corrected chi connectivity index (χ4v) is 4.58. The van der Waals surface area contributed by atoms with E-state index in [1.54, 1.807) is 36.6 Å². The summed E-state index contributed by atoms with van der Waals surface area (Å²) in [4.78, 5) is 0. The molecule has 0 saturated heterocycles. The second-order valence-electron chi connectivity index (χ2n) is 4.40. The highest BCUT2D eigenvalue weighted by atomic mass is 32.2. The summed E-state index contributed by atoms with van der Waals surface area (Å²) < 4.78 is 26.7. The van der Waals surface area contributed by atoms with Crippen molar-refractivity contribution in [1.29, 1.82) is 5.26 Å². The van der Waals surface area contributed by atoms with Crippen LogP contribution < -0.4 is 5.73 Å². The van der Waals surface area contributed by atoms with Crippen molar-refractivity contribution in [2.24, 2.45) is 0 Å². The molecule has 2 rings (SSSR count). The van der Waals surface area contributed by atoms with Gasteiger partial charge in [0.25, 0.3) is 10.0 Å². The van der Waals surface area contributed by atoms with E-state index >= 15 is 0 Å². The zero-order valence-corrected chi connectivity index (χ0v) is 13.1. The lowest BCUT2D eigenvalue weighted by molar-refractivity contribution is 0.424. The molecule has 0 fully saturated rings. The van der Waals surface area contributed by atoms with Gasteiger partial charge in [-0.3, -0.25) is 0 Å². The van der Waals surface area contributed by atoms with Crippen LogP contribution in [0.2, 0.25) is 0 Å². The van der Waals surface area contributed by atoms with Crippen LogP contribution in [0.25, 0.3) is 0 Å². The third-order valence-electron chi connectivity index (χ3n) is 3.03. The molecule has 0 atom stereocenters. The monoisotopic (exact) mass is 321 g/mol. The summed E-state index contributed by atoms with van der Waals surface area (Å²) in [5, 5.41) is 10.7. The van der Waals surface area contributed by atoms with Gasteiger partial charge in [-0.25, -0.2) is 8.42 Å². The van der Waals surface area contributed by atoms with Crippen molar-refractivity contribution in [3.05, 3.63) is 46.8 Å². The van der Waals surface area contributed by atoms with Crippen molar-refractivity contribution >= 4 is 27.0 Å². The van der Waals surface area contributed by atoms with Gasteiger partial charge < -0.3 is 5.73 Å². The summed E-state index contributed by atoms with van der Waals surface area (Å²) in [7, 11) is -3.59. The first-order chi connectivity index (χ1) is 9.98. The molecule has 0 aliphatic carbocycles. The van der Waals surface area contributed by atoms with E-state index in [0.717, 1.165) is 11.3 Å². The topological polar surface area (TPSA) is 87.2 Å². The summed E-state index contributed by atoms with van der Waals surface area (Å²) in [6.45, 7) is 2.25. The molecular weight excluding hydrogens is 306 g/mol. The predicted molar refractivity (Wildman–Crippen MR) is 83.2 cm³/mol. The number of anilines is 1. The Balaban J connectivity index is 2.34. The van der Waals surface area contributed by atoms with E-state index in [2.05, 4.69) is 6.07 Å². The van der Waals surface area contributed by atoms with Crippen LogP contribution in [0.3, 0.4) is 0 Å². The smallest absolute Gasteiger partial charge is 0.252 e. The lowest BCUT2D eigenvalue weighted by atomic mass is 10.1. The van der Waals surface area contributed by atoms with Crippen LogP contribution >= 0.6 is 11.3 Å². The van der Waals surface area contributed by atoms with Crippen molar-refractivity contribution in [3.8, 4) is 6.07 Å². The van der Waals surface area contributed by atoms with Gasteiger partial charge in [-0.1, -0.05) is 25.1 Å². The first-order valence-electron chi connectivity index (χ1n) is 6.31. The van der Waals surface area contributed by atoms with Crippen molar-refractivity contribution < 1.29 is 8.42 Å². The number of nitrogens with two attached hydrogens (primary N) is 1. The summed E-state index contributed by atoms with van der Waals surface area (Å²) in [5.74, 6) is 0. The molecule has 0 bridgehead atoms. The number of hydrogen-bond donors (Lipinski definition) is 1. The standard InChI is InChI=1S/C14H15N3O2S2/c1-2-17(9-12-6-4-3-5-11(12)8-15)21(18,19)14-7-13(16)10-20-14/h3-7,10H,2,9,16H2,1H3. The molecule has 0 aliphatic heterocycles. The van der Waals surface area contributed by atoms with Crippen LogP contribution in [0.4, 0.5) is 5.69 Å². The minimum atomic E-state index is -3.59. The van der Waals surface area contributed by atoms with Gasteiger partial charge in [0.05, 0.1) is 11.6 Å². The summed E-state index contributed by atoms with van der Waals surface area (Å²) in [6.07, 6.45) is 0. The number of thiophene rings is 1. The quantitative estimate of drug-likeness (QED) is 0.916. The maximum atomic E-state index is 12.6. The van der Waals surface area contributed by atoms with Gasteiger partial charge in [0.1, 0.15) is 4.21 Å². The van der Waals surface area contributed by atoms with E-state index in [-0.39, 0.29) is 10.8 Å². The van der Waals surface area contributed by atoms with Gasteiger partial charge >= 0.3 is 0 Å². The number of nitriles is 1. The fraction of sp³-hybridized carbons (Fsp3) is 0.214. The van der Waals surface area contributed by atoms with Crippen LogP contribution in [0.1, 0.15) is 18.1 Å². The van der Waals surface area contributed by atoms with Gasteiger partial charge in [0.2, 0.25) is 0 Å². The Morgan fingerprint density at radius 3 is 2.67 bits per heavy atom. The SMILES string of the molecule is CCN(Cc1ccccc1C#N)S(=O)(=O)c1cc(N)cs1. The van der Waals surface area contributed by atoms with Gasteiger partial charge in [0.15, 0.2) is 0 Å². The van der Waals surface area contributed by atoms with Crippen LogP contribution in [-0.4, -0.2) is 19.3 Å². The Bertz CT molecular complexity index is 776. The Morgan fingerprint density at radius 2 is 2.10 bits per heavy atom. The summed E-state index contributed by atoms with van der Waals surface area (Å²) >= 11 is 1.10. The molecule has 110 valence electrons. The second-order valence-corrected chi connectivity index (χ2v) is 7.48. The number of sulfonamides is 1. The average molecular weight is 321 g/mol. The molecule has 1 aromatic carbocycles. The summed E-state index contributed by atoms with van der Waals surface area (Å²) in [6, 6.07) is 10.5. The Kier molecular flexibility index (Phi) is 4.63.